The number of ether oxygens (including phenoxy) is 1. The topological polar surface area (TPSA) is 81.8 Å². The summed E-state index contributed by atoms with van der Waals surface area (Å²) in [6.45, 7) is 10.6. The highest BCUT2D eigenvalue weighted by Crippen LogP contribution is 2.54. The normalized spacial score (nSPS) is 25.3. The van der Waals surface area contributed by atoms with Crippen molar-refractivity contribution in [2.24, 2.45) is 0 Å². The average Bonchev–Trinajstić information content (AvgIpc) is 2.62. The van der Waals surface area contributed by atoms with Gasteiger partial charge in [-0.3, -0.25) is 0 Å². The monoisotopic (exact) mass is 403 g/mol. The zero-order chi connectivity index (χ0) is 21.4. The van der Waals surface area contributed by atoms with Gasteiger partial charge in [0.05, 0.1) is 6.61 Å². The Kier molecular flexibility index (Phi) is 5.69. The van der Waals surface area contributed by atoms with Crippen molar-refractivity contribution in [2.75, 3.05) is 6.61 Å². The van der Waals surface area contributed by atoms with E-state index in [1.54, 1.807) is 0 Å². The lowest BCUT2D eigenvalue weighted by atomic mass is 9.63. The molecule has 3 rings (SSSR count). The largest absolute Gasteiger partial charge is 0.485 e. The van der Waals surface area contributed by atoms with E-state index in [4.69, 9.17) is 4.74 Å². The molecule has 0 amide bonds. The van der Waals surface area contributed by atoms with Crippen LogP contribution >= 0.6 is 0 Å². The van der Waals surface area contributed by atoms with Gasteiger partial charge in [-0.25, -0.2) is 0 Å². The molecule has 0 radical (unpaired) electrons. The lowest BCUT2D eigenvalue weighted by molar-refractivity contribution is -0.757. The maximum Gasteiger partial charge on any atom is 0.294 e. The Morgan fingerprint density at radius 1 is 1.34 bits per heavy atom. The van der Waals surface area contributed by atoms with E-state index in [1.807, 2.05) is 13.8 Å². The molecular weight excluding hydrogens is 370 g/mol. The number of hydrogen-bond acceptors (Lipinski definition) is 5. The molecule has 6 heteroatoms. The van der Waals surface area contributed by atoms with E-state index in [2.05, 4.69) is 49.9 Å². The number of hydrogen-bond donors (Lipinski definition) is 1. The molecule has 0 unspecified atom stereocenters. The summed E-state index contributed by atoms with van der Waals surface area (Å²) in [7, 11) is 0. The molecule has 0 fully saturated rings. The van der Waals surface area contributed by atoms with Gasteiger partial charge in [0.2, 0.25) is 0 Å². The number of aliphatic hydroxyl groups is 1. The molecule has 0 saturated carbocycles. The van der Waals surface area contributed by atoms with Crippen LogP contribution in [-0.2, 0) is 10.3 Å². The molecule has 0 bridgehead atoms. The molecule has 160 valence electrons. The van der Waals surface area contributed by atoms with Crippen LogP contribution in [0, 0.1) is 10.1 Å². The number of fused-ring (bicyclic) bond motifs is 3. The van der Waals surface area contributed by atoms with E-state index < -0.39 is 16.3 Å². The first-order valence-electron chi connectivity index (χ1n) is 10.4. The molecule has 1 aromatic carbocycles. The fraction of sp³-hybridized carbons (Fsp3) is 0.652. The van der Waals surface area contributed by atoms with Gasteiger partial charge >= 0.3 is 0 Å². The fourth-order valence-electron chi connectivity index (χ4n) is 4.73. The molecule has 2 atom stereocenters. The van der Waals surface area contributed by atoms with Gasteiger partial charge in [-0.05, 0) is 63.5 Å². The Balaban J connectivity index is 1.80. The Morgan fingerprint density at radius 3 is 2.76 bits per heavy atom. The number of nitrogens with zero attached hydrogens (tertiary/aromatic N) is 1. The molecule has 29 heavy (non-hydrogen) atoms. The summed E-state index contributed by atoms with van der Waals surface area (Å²) >= 11 is 0. The number of allylic oxidation sites excluding steroid dienone is 1. The van der Waals surface area contributed by atoms with Crippen molar-refractivity contribution in [3.05, 3.63) is 51.1 Å². The van der Waals surface area contributed by atoms with Crippen LogP contribution in [0.4, 0.5) is 0 Å². The molecule has 1 aliphatic carbocycles. The Morgan fingerprint density at radius 2 is 2.07 bits per heavy atom. The predicted molar refractivity (Wildman–Crippen MR) is 112 cm³/mol. The molecule has 0 spiro atoms. The minimum atomic E-state index is -0.909. The standard InChI is InChI=1S/C23H33NO5/c1-16-10-12-23(25)19(14-16)18-9-8-17(15-20(18)29-22(23,4)5)21(2,3)11-6-7-13-28-24(26)27/h8-10,15,19,25H,6-7,11-14H2,1-5H3/t19-,23-/m1/s1. The highest BCUT2D eigenvalue weighted by molar-refractivity contribution is 5.48. The van der Waals surface area contributed by atoms with Gasteiger partial charge in [0.25, 0.3) is 5.09 Å². The van der Waals surface area contributed by atoms with Crippen LogP contribution in [0.3, 0.4) is 0 Å². The molecule has 1 N–H and O–H groups in total. The quantitative estimate of drug-likeness (QED) is 0.297. The second-order valence-corrected chi connectivity index (χ2v) is 9.70. The van der Waals surface area contributed by atoms with Crippen molar-refractivity contribution < 1.29 is 19.8 Å². The predicted octanol–water partition coefficient (Wildman–Crippen LogP) is 5.07. The van der Waals surface area contributed by atoms with Crippen molar-refractivity contribution in [2.45, 2.75) is 89.3 Å². The highest BCUT2D eigenvalue weighted by Gasteiger charge is 2.56. The third-order valence-corrected chi connectivity index (χ3v) is 6.84. The summed E-state index contributed by atoms with van der Waals surface area (Å²) in [4.78, 5) is 14.7. The van der Waals surface area contributed by atoms with Gasteiger partial charge in [0.15, 0.2) is 0 Å². The first kappa shape index (κ1) is 21.6. The Hall–Kier alpha value is -2.08. The Labute approximate surface area is 173 Å². The number of unbranched alkanes of at least 4 members (excludes halogenated alkanes) is 1. The van der Waals surface area contributed by atoms with Gasteiger partial charge in [0, 0.05) is 11.5 Å². The smallest absolute Gasteiger partial charge is 0.294 e. The highest BCUT2D eigenvalue weighted by atomic mass is 16.9. The zero-order valence-corrected chi connectivity index (χ0v) is 18.2. The van der Waals surface area contributed by atoms with Crippen LogP contribution in [0.25, 0.3) is 0 Å². The van der Waals surface area contributed by atoms with Gasteiger partial charge in [-0.1, -0.05) is 44.1 Å². The molecule has 0 aromatic heterocycles. The van der Waals surface area contributed by atoms with Crippen molar-refractivity contribution >= 4 is 0 Å². The second kappa shape index (κ2) is 7.63. The molecular formula is C23H33NO5. The zero-order valence-electron chi connectivity index (χ0n) is 18.2. The van der Waals surface area contributed by atoms with Crippen molar-refractivity contribution in [3.63, 3.8) is 0 Å². The maximum absolute atomic E-state index is 11.5. The number of rotatable bonds is 7. The van der Waals surface area contributed by atoms with E-state index >= 15 is 0 Å². The Bertz CT molecular complexity index is 813. The average molecular weight is 404 g/mol. The van der Waals surface area contributed by atoms with E-state index in [1.165, 1.54) is 11.1 Å². The molecule has 1 heterocycles. The van der Waals surface area contributed by atoms with Crippen LogP contribution in [0.2, 0.25) is 0 Å². The first-order valence-corrected chi connectivity index (χ1v) is 10.4. The van der Waals surface area contributed by atoms with E-state index in [-0.39, 0.29) is 17.9 Å². The second-order valence-electron chi connectivity index (χ2n) is 9.70. The fourth-order valence-corrected chi connectivity index (χ4v) is 4.73. The van der Waals surface area contributed by atoms with Crippen LogP contribution in [0.1, 0.15) is 83.8 Å². The van der Waals surface area contributed by atoms with Gasteiger partial charge in [-0.2, -0.15) is 0 Å². The summed E-state index contributed by atoms with van der Waals surface area (Å²) in [6, 6.07) is 6.38. The maximum atomic E-state index is 11.5. The van der Waals surface area contributed by atoms with Crippen molar-refractivity contribution in [1.82, 2.24) is 0 Å². The molecule has 1 aliphatic heterocycles. The van der Waals surface area contributed by atoms with Gasteiger partial charge < -0.3 is 14.7 Å². The summed E-state index contributed by atoms with van der Waals surface area (Å²) < 4.78 is 6.36. The van der Waals surface area contributed by atoms with Crippen LogP contribution in [-0.4, -0.2) is 28.0 Å². The third-order valence-electron chi connectivity index (χ3n) is 6.84. The van der Waals surface area contributed by atoms with Crippen LogP contribution in [0.15, 0.2) is 29.8 Å². The lowest BCUT2D eigenvalue weighted by Crippen LogP contribution is -2.60. The van der Waals surface area contributed by atoms with Crippen LogP contribution in [0.5, 0.6) is 5.75 Å². The minimum absolute atomic E-state index is 0.0303. The summed E-state index contributed by atoms with van der Waals surface area (Å²) in [6.07, 6.45) is 5.97. The van der Waals surface area contributed by atoms with Gasteiger partial charge in [-0.15, -0.1) is 10.1 Å². The SMILES string of the molecule is CC1=CC[C@@]2(O)[C@H](C1)c1ccc(C(C)(C)CCCCO[N+](=O)[O-])cc1OC2(C)C. The van der Waals surface area contributed by atoms with Gasteiger partial charge in [0.1, 0.15) is 17.0 Å². The van der Waals surface area contributed by atoms with Crippen molar-refractivity contribution in [3.8, 4) is 5.75 Å². The molecule has 0 saturated heterocycles. The first-order chi connectivity index (χ1) is 13.5. The minimum Gasteiger partial charge on any atom is -0.485 e. The third kappa shape index (κ3) is 4.13. The summed E-state index contributed by atoms with van der Waals surface area (Å²) in [5.74, 6) is 0.893. The van der Waals surface area contributed by atoms with E-state index in [9.17, 15) is 15.2 Å². The summed E-state index contributed by atoms with van der Waals surface area (Å²) in [5, 5.41) is 21.0. The lowest BCUT2D eigenvalue weighted by Gasteiger charge is -2.53. The summed E-state index contributed by atoms with van der Waals surface area (Å²) in [5.41, 5.74) is 1.89. The molecule has 1 aromatic rings. The van der Waals surface area contributed by atoms with Crippen LogP contribution < -0.4 is 4.74 Å². The van der Waals surface area contributed by atoms with E-state index in [0.29, 0.717) is 12.8 Å². The molecule has 2 aliphatic rings. The number of benzene rings is 1. The van der Waals surface area contributed by atoms with E-state index in [0.717, 1.165) is 30.6 Å². The molecule has 6 nitrogen and oxygen atoms in total. The van der Waals surface area contributed by atoms with Crippen molar-refractivity contribution in [1.29, 1.82) is 0 Å².